The topological polar surface area (TPSA) is 74.4 Å². The Morgan fingerprint density at radius 1 is 1.08 bits per heavy atom. The van der Waals surface area contributed by atoms with E-state index in [1.807, 2.05) is 13.8 Å². The van der Waals surface area contributed by atoms with Gasteiger partial charge in [-0.1, -0.05) is 30.3 Å². The van der Waals surface area contributed by atoms with Gasteiger partial charge in [-0.2, -0.15) is 0 Å². The Morgan fingerprint density at radius 2 is 1.79 bits per heavy atom. The van der Waals surface area contributed by atoms with Crippen LogP contribution in [0.25, 0.3) is 0 Å². The van der Waals surface area contributed by atoms with Gasteiger partial charge < -0.3 is 18.9 Å². The molecule has 1 aromatic carbocycles. The third-order valence-electron chi connectivity index (χ3n) is 4.77. The lowest BCUT2D eigenvalue weighted by molar-refractivity contribution is -0.298. The summed E-state index contributed by atoms with van der Waals surface area (Å²) in [6, 6.07) is 6.88. The molecule has 0 amide bonds. The molecule has 6 nitrogen and oxygen atoms in total. The highest BCUT2D eigenvalue weighted by atomic mass is 16.8. The van der Waals surface area contributed by atoms with Crippen molar-refractivity contribution in [2.24, 2.45) is 0 Å². The van der Waals surface area contributed by atoms with Crippen molar-refractivity contribution < 1.29 is 28.5 Å². The first-order chi connectivity index (χ1) is 11.2. The lowest BCUT2D eigenvalue weighted by Crippen LogP contribution is -2.61. The average Bonchev–Trinajstić information content (AvgIpc) is 3.21. The van der Waals surface area contributed by atoms with Crippen LogP contribution < -0.4 is 0 Å². The first kappa shape index (κ1) is 15.5. The molecule has 6 heteroatoms. The fourth-order valence-electron chi connectivity index (χ4n) is 3.79. The van der Waals surface area contributed by atoms with E-state index in [0.29, 0.717) is 11.1 Å². The van der Waals surface area contributed by atoms with E-state index in [1.165, 1.54) is 14.0 Å². The number of hydrogen-bond acceptors (Lipinski definition) is 6. The first-order valence-corrected chi connectivity index (χ1v) is 7.73. The predicted octanol–water partition coefficient (Wildman–Crippen LogP) is 2.08. The highest BCUT2D eigenvalue weighted by Crippen LogP contribution is 2.68. The second-order valence-corrected chi connectivity index (χ2v) is 6.78. The minimum absolute atomic E-state index is 0.309. The fourth-order valence-corrected chi connectivity index (χ4v) is 3.79. The van der Waals surface area contributed by atoms with Gasteiger partial charge >= 0.3 is 5.97 Å². The maximum atomic E-state index is 13.0. The number of benzene rings is 1. The van der Waals surface area contributed by atoms with Gasteiger partial charge in [0.05, 0.1) is 5.60 Å². The zero-order valence-corrected chi connectivity index (χ0v) is 13.9. The summed E-state index contributed by atoms with van der Waals surface area (Å²) in [5.41, 5.74) is -1.23. The molecule has 1 aromatic rings. The van der Waals surface area contributed by atoms with Gasteiger partial charge in [-0.15, -0.1) is 0 Å². The Hall–Kier alpha value is -2.02. The summed E-state index contributed by atoms with van der Waals surface area (Å²) >= 11 is 0. The van der Waals surface area contributed by atoms with Crippen LogP contribution in [0.3, 0.4) is 0 Å². The predicted molar refractivity (Wildman–Crippen MR) is 82.1 cm³/mol. The van der Waals surface area contributed by atoms with E-state index in [-0.39, 0.29) is 5.78 Å². The van der Waals surface area contributed by atoms with E-state index in [2.05, 4.69) is 0 Å². The maximum absolute atomic E-state index is 13.0. The van der Waals surface area contributed by atoms with Crippen molar-refractivity contribution in [2.45, 2.75) is 43.5 Å². The number of hydrogen-bond donors (Lipinski definition) is 0. The highest BCUT2D eigenvalue weighted by molar-refractivity contribution is 6.08. The fraction of sp³-hybridized carbons (Fsp3) is 0.444. The van der Waals surface area contributed by atoms with Crippen LogP contribution in [-0.2, 0) is 29.5 Å². The van der Waals surface area contributed by atoms with Gasteiger partial charge in [0, 0.05) is 25.2 Å². The molecule has 0 radical (unpaired) electrons. The van der Waals surface area contributed by atoms with Crippen LogP contribution in [-0.4, -0.2) is 35.9 Å². The molecule has 2 heterocycles. The standard InChI is InChI=1S/C18H18O6/c1-11(19)22-17-13-8-6-5-7-12(13)14(20)18(21-4)16(17,24-18)10-9-15(2,3)23-17/h5-10H,1-4H3. The monoisotopic (exact) mass is 330 g/mol. The van der Waals surface area contributed by atoms with Crippen molar-refractivity contribution in [3.05, 3.63) is 47.5 Å². The van der Waals surface area contributed by atoms with Crippen LogP contribution in [0.4, 0.5) is 0 Å². The highest BCUT2D eigenvalue weighted by Gasteiger charge is 2.89. The molecule has 3 atom stereocenters. The molecule has 2 aliphatic heterocycles. The quantitative estimate of drug-likeness (QED) is 0.469. The third kappa shape index (κ3) is 1.56. The van der Waals surface area contributed by atoms with E-state index in [0.717, 1.165) is 0 Å². The summed E-state index contributed by atoms with van der Waals surface area (Å²) in [5, 5.41) is 0. The first-order valence-electron chi connectivity index (χ1n) is 7.73. The molecule has 0 bridgehead atoms. The van der Waals surface area contributed by atoms with Crippen LogP contribution >= 0.6 is 0 Å². The number of carbonyl (C=O) groups is 2. The SMILES string of the molecule is COC12OC13C=CC(C)(C)OC3(OC(C)=O)c1ccccc1C2=O. The molecule has 3 unspecified atom stereocenters. The van der Waals surface area contributed by atoms with Crippen molar-refractivity contribution in [3.8, 4) is 0 Å². The number of ketones is 1. The number of methoxy groups -OCH3 is 1. The van der Waals surface area contributed by atoms with Crippen molar-refractivity contribution >= 4 is 11.8 Å². The number of fused-ring (bicyclic) bond motifs is 2. The van der Waals surface area contributed by atoms with Crippen LogP contribution in [0, 0.1) is 0 Å². The smallest absolute Gasteiger partial charge is 0.305 e. The van der Waals surface area contributed by atoms with Crippen molar-refractivity contribution in [2.75, 3.05) is 7.11 Å². The maximum Gasteiger partial charge on any atom is 0.305 e. The zero-order valence-electron chi connectivity index (χ0n) is 13.9. The number of ether oxygens (including phenoxy) is 4. The van der Waals surface area contributed by atoms with E-state index in [4.69, 9.17) is 18.9 Å². The molecule has 0 N–H and O–H groups in total. The Labute approximate surface area is 139 Å². The largest absolute Gasteiger partial charge is 0.425 e. The van der Waals surface area contributed by atoms with E-state index < -0.39 is 28.7 Å². The van der Waals surface area contributed by atoms with Gasteiger partial charge in [0.25, 0.3) is 11.6 Å². The number of esters is 1. The normalized spacial score (nSPS) is 37.9. The molecule has 3 aliphatic rings. The minimum atomic E-state index is -1.59. The van der Waals surface area contributed by atoms with E-state index >= 15 is 0 Å². The Balaban J connectivity index is 2.06. The Bertz CT molecular complexity index is 796. The van der Waals surface area contributed by atoms with E-state index in [1.54, 1.807) is 36.4 Å². The minimum Gasteiger partial charge on any atom is -0.425 e. The number of carbonyl (C=O) groups excluding carboxylic acids is 2. The van der Waals surface area contributed by atoms with Gasteiger partial charge in [0.1, 0.15) is 0 Å². The molecule has 1 fully saturated rings. The van der Waals surface area contributed by atoms with Gasteiger partial charge in [0.2, 0.25) is 11.4 Å². The van der Waals surface area contributed by atoms with Gasteiger partial charge in [0.15, 0.2) is 0 Å². The summed E-state index contributed by atoms with van der Waals surface area (Å²) in [6.45, 7) is 4.99. The van der Waals surface area contributed by atoms with E-state index in [9.17, 15) is 9.59 Å². The lowest BCUT2D eigenvalue weighted by Gasteiger charge is -2.47. The molecule has 0 saturated carbocycles. The van der Waals surface area contributed by atoms with Crippen LogP contribution in [0.15, 0.2) is 36.4 Å². The van der Waals surface area contributed by atoms with Crippen molar-refractivity contribution in [1.82, 2.24) is 0 Å². The second kappa shape index (κ2) is 4.33. The van der Waals surface area contributed by atoms with Gasteiger partial charge in [-0.3, -0.25) is 9.59 Å². The Morgan fingerprint density at radius 3 is 2.46 bits per heavy atom. The second-order valence-electron chi connectivity index (χ2n) is 6.78. The lowest BCUT2D eigenvalue weighted by atomic mass is 9.73. The molecule has 126 valence electrons. The van der Waals surface area contributed by atoms with Crippen LogP contribution in [0.2, 0.25) is 0 Å². The average molecular weight is 330 g/mol. The van der Waals surface area contributed by atoms with Crippen molar-refractivity contribution in [3.63, 3.8) is 0 Å². The number of Topliss-reactive ketones (excluding diaryl/α,β-unsaturated/α-hetero) is 1. The molecule has 4 rings (SSSR count). The van der Waals surface area contributed by atoms with Gasteiger partial charge in [-0.25, -0.2) is 0 Å². The van der Waals surface area contributed by atoms with Crippen molar-refractivity contribution in [1.29, 1.82) is 0 Å². The molecule has 1 saturated heterocycles. The molecule has 0 aromatic heterocycles. The molecular formula is C18H18O6. The zero-order chi connectivity index (χ0) is 17.4. The molecular weight excluding hydrogens is 312 g/mol. The summed E-state index contributed by atoms with van der Waals surface area (Å²) in [6.07, 6.45) is 3.51. The summed E-state index contributed by atoms with van der Waals surface area (Å²) in [4.78, 5) is 24.9. The van der Waals surface area contributed by atoms with Gasteiger partial charge in [-0.05, 0) is 19.9 Å². The van der Waals surface area contributed by atoms with Crippen LogP contribution in [0.1, 0.15) is 36.7 Å². The summed E-state index contributed by atoms with van der Waals surface area (Å²) in [5.74, 6) is -3.98. The van der Waals surface area contributed by atoms with Crippen LogP contribution in [0.5, 0.6) is 0 Å². The Kier molecular flexibility index (Phi) is 2.80. The third-order valence-corrected chi connectivity index (χ3v) is 4.77. The molecule has 1 spiro atoms. The number of epoxide rings is 1. The number of rotatable bonds is 2. The summed E-state index contributed by atoms with van der Waals surface area (Å²) in [7, 11) is 1.40. The molecule has 24 heavy (non-hydrogen) atoms. The molecule has 1 aliphatic carbocycles. The summed E-state index contributed by atoms with van der Waals surface area (Å²) < 4.78 is 23.2.